The van der Waals surface area contributed by atoms with E-state index in [9.17, 15) is 9.18 Å². The zero-order valence-electron chi connectivity index (χ0n) is 11.4. The first-order valence-electron chi connectivity index (χ1n) is 7.05. The van der Waals surface area contributed by atoms with Gasteiger partial charge in [0.25, 0.3) is 0 Å². The summed E-state index contributed by atoms with van der Waals surface area (Å²) in [4.78, 5) is 13.9. The van der Waals surface area contributed by atoms with Gasteiger partial charge in [0.1, 0.15) is 5.82 Å². The molecular formula is C15H21FN2O. The van der Waals surface area contributed by atoms with Crippen LogP contribution in [-0.2, 0) is 4.79 Å². The van der Waals surface area contributed by atoms with Crippen molar-refractivity contribution in [2.45, 2.75) is 39.0 Å². The van der Waals surface area contributed by atoms with E-state index >= 15 is 0 Å². The number of nitrogens with zero attached hydrogens (tertiary/aromatic N) is 1. The fourth-order valence-electron chi connectivity index (χ4n) is 2.46. The number of carbonyl (C=O) groups is 1. The molecule has 0 spiro atoms. The summed E-state index contributed by atoms with van der Waals surface area (Å²) in [6, 6.07) is 4.64. The van der Waals surface area contributed by atoms with Crippen molar-refractivity contribution in [3.8, 4) is 0 Å². The van der Waals surface area contributed by atoms with Gasteiger partial charge in [-0.05, 0) is 43.9 Å². The number of hydrogen-bond acceptors (Lipinski definition) is 2. The molecule has 1 aromatic rings. The third-order valence-corrected chi connectivity index (χ3v) is 3.41. The first-order chi connectivity index (χ1) is 9.20. The quantitative estimate of drug-likeness (QED) is 0.902. The minimum atomic E-state index is -0.312. The van der Waals surface area contributed by atoms with E-state index in [0.717, 1.165) is 38.0 Å². The molecule has 1 amide bonds. The first kappa shape index (κ1) is 13.8. The van der Waals surface area contributed by atoms with Crippen LogP contribution in [0.4, 0.5) is 15.8 Å². The summed E-state index contributed by atoms with van der Waals surface area (Å²) in [7, 11) is 0. The Morgan fingerprint density at radius 3 is 2.74 bits per heavy atom. The Labute approximate surface area is 113 Å². The molecule has 0 unspecified atom stereocenters. The highest BCUT2D eigenvalue weighted by Crippen LogP contribution is 2.29. The maximum absolute atomic E-state index is 13.4. The van der Waals surface area contributed by atoms with Crippen LogP contribution in [0.25, 0.3) is 0 Å². The molecule has 4 heteroatoms. The van der Waals surface area contributed by atoms with Gasteiger partial charge in [-0.3, -0.25) is 4.79 Å². The molecule has 0 saturated carbocycles. The van der Waals surface area contributed by atoms with Crippen LogP contribution in [0.1, 0.15) is 39.0 Å². The molecule has 0 radical (unpaired) electrons. The molecule has 1 heterocycles. The minimum absolute atomic E-state index is 0.0497. The summed E-state index contributed by atoms with van der Waals surface area (Å²) < 4.78 is 13.4. The van der Waals surface area contributed by atoms with Gasteiger partial charge in [-0.2, -0.15) is 0 Å². The number of hydrogen-bond donors (Lipinski definition) is 1. The summed E-state index contributed by atoms with van der Waals surface area (Å²) in [6.07, 6.45) is 4.81. The Kier molecular flexibility index (Phi) is 4.77. The van der Waals surface area contributed by atoms with E-state index in [2.05, 4.69) is 10.2 Å². The third kappa shape index (κ3) is 3.69. The fraction of sp³-hybridized carbons (Fsp3) is 0.533. The molecular weight excluding hydrogens is 243 g/mol. The summed E-state index contributed by atoms with van der Waals surface area (Å²) in [5, 5.41) is 2.83. The van der Waals surface area contributed by atoms with Crippen LogP contribution in [0.5, 0.6) is 0 Å². The number of anilines is 2. The van der Waals surface area contributed by atoms with Gasteiger partial charge in [0.2, 0.25) is 5.91 Å². The van der Waals surface area contributed by atoms with Gasteiger partial charge in [0.05, 0.1) is 11.4 Å². The molecule has 0 aliphatic carbocycles. The van der Waals surface area contributed by atoms with E-state index in [1.54, 1.807) is 6.07 Å². The standard InChI is InChI=1S/C15H21FN2O/c1-2-6-15(19)17-13-11-12(16)7-8-14(13)18-9-4-3-5-10-18/h7-8,11H,2-6,9-10H2,1H3,(H,17,19). The van der Waals surface area contributed by atoms with Gasteiger partial charge in [-0.25, -0.2) is 4.39 Å². The van der Waals surface area contributed by atoms with Crippen molar-refractivity contribution in [2.75, 3.05) is 23.3 Å². The van der Waals surface area contributed by atoms with Gasteiger partial charge in [-0.1, -0.05) is 6.92 Å². The lowest BCUT2D eigenvalue weighted by Gasteiger charge is -2.30. The van der Waals surface area contributed by atoms with E-state index in [4.69, 9.17) is 0 Å². The first-order valence-corrected chi connectivity index (χ1v) is 7.05. The zero-order valence-corrected chi connectivity index (χ0v) is 11.4. The second-order valence-corrected chi connectivity index (χ2v) is 5.01. The van der Waals surface area contributed by atoms with Crippen molar-refractivity contribution in [3.05, 3.63) is 24.0 Å². The number of nitrogens with one attached hydrogen (secondary N) is 1. The van der Waals surface area contributed by atoms with Crippen molar-refractivity contribution < 1.29 is 9.18 Å². The molecule has 1 aliphatic heterocycles. The van der Waals surface area contributed by atoms with Crippen molar-refractivity contribution in [1.29, 1.82) is 0 Å². The molecule has 3 nitrogen and oxygen atoms in total. The summed E-state index contributed by atoms with van der Waals surface area (Å²) in [5.41, 5.74) is 1.53. The van der Waals surface area contributed by atoms with Crippen LogP contribution < -0.4 is 10.2 Å². The molecule has 0 atom stereocenters. The van der Waals surface area contributed by atoms with E-state index in [-0.39, 0.29) is 11.7 Å². The molecule has 2 rings (SSSR count). The summed E-state index contributed by atoms with van der Waals surface area (Å²) in [6.45, 7) is 3.90. The highest BCUT2D eigenvalue weighted by atomic mass is 19.1. The van der Waals surface area contributed by atoms with Crippen molar-refractivity contribution >= 4 is 17.3 Å². The molecule has 0 aromatic heterocycles. The number of benzene rings is 1. The monoisotopic (exact) mass is 264 g/mol. The highest BCUT2D eigenvalue weighted by Gasteiger charge is 2.16. The highest BCUT2D eigenvalue weighted by molar-refractivity contribution is 5.94. The van der Waals surface area contributed by atoms with E-state index < -0.39 is 0 Å². The molecule has 1 aliphatic rings. The number of halogens is 1. The SMILES string of the molecule is CCCC(=O)Nc1cc(F)ccc1N1CCCCC1. The Morgan fingerprint density at radius 1 is 1.32 bits per heavy atom. The normalized spacial score (nSPS) is 15.4. The molecule has 19 heavy (non-hydrogen) atoms. The van der Waals surface area contributed by atoms with Crippen LogP contribution >= 0.6 is 0 Å². The maximum Gasteiger partial charge on any atom is 0.224 e. The van der Waals surface area contributed by atoms with Crippen LogP contribution in [0, 0.1) is 5.82 Å². The van der Waals surface area contributed by atoms with Crippen molar-refractivity contribution in [1.82, 2.24) is 0 Å². The summed E-state index contributed by atoms with van der Waals surface area (Å²) >= 11 is 0. The number of carbonyl (C=O) groups excluding carboxylic acids is 1. The third-order valence-electron chi connectivity index (χ3n) is 3.41. The van der Waals surface area contributed by atoms with Crippen LogP contribution in [0.15, 0.2) is 18.2 Å². The number of piperidine rings is 1. The van der Waals surface area contributed by atoms with Gasteiger partial charge in [-0.15, -0.1) is 0 Å². The lowest BCUT2D eigenvalue weighted by atomic mass is 10.1. The van der Waals surface area contributed by atoms with Crippen LogP contribution in [0.2, 0.25) is 0 Å². The number of rotatable bonds is 4. The Bertz CT molecular complexity index is 442. The Morgan fingerprint density at radius 2 is 2.05 bits per heavy atom. The Balaban J connectivity index is 2.19. The molecule has 1 N–H and O–H groups in total. The second kappa shape index (κ2) is 6.55. The molecule has 0 bridgehead atoms. The smallest absolute Gasteiger partial charge is 0.224 e. The van der Waals surface area contributed by atoms with Crippen LogP contribution in [-0.4, -0.2) is 19.0 Å². The van der Waals surface area contributed by atoms with E-state index in [1.165, 1.54) is 18.6 Å². The molecule has 1 fully saturated rings. The molecule has 1 aromatic carbocycles. The van der Waals surface area contributed by atoms with Crippen LogP contribution in [0.3, 0.4) is 0 Å². The van der Waals surface area contributed by atoms with Crippen molar-refractivity contribution in [3.63, 3.8) is 0 Å². The van der Waals surface area contributed by atoms with E-state index in [0.29, 0.717) is 12.1 Å². The second-order valence-electron chi connectivity index (χ2n) is 5.01. The lowest BCUT2D eigenvalue weighted by Crippen LogP contribution is -2.30. The predicted octanol–water partition coefficient (Wildman–Crippen LogP) is 3.55. The van der Waals surface area contributed by atoms with Gasteiger partial charge in [0, 0.05) is 19.5 Å². The topological polar surface area (TPSA) is 32.3 Å². The van der Waals surface area contributed by atoms with Gasteiger partial charge >= 0.3 is 0 Å². The Hall–Kier alpha value is -1.58. The average molecular weight is 264 g/mol. The lowest BCUT2D eigenvalue weighted by molar-refractivity contribution is -0.116. The largest absolute Gasteiger partial charge is 0.370 e. The van der Waals surface area contributed by atoms with Crippen molar-refractivity contribution in [2.24, 2.45) is 0 Å². The fourth-order valence-corrected chi connectivity index (χ4v) is 2.46. The summed E-state index contributed by atoms with van der Waals surface area (Å²) in [5.74, 6) is -0.362. The zero-order chi connectivity index (χ0) is 13.7. The maximum atomic E-state index is 13.4. The predicted molar refractivity (Wildman–Crippen MR) is 76.0 cm³/mol. The van der Waals surface area contributed by atoms with E-state index in [1.807, 2.05) is 6.92 Å². The minimum Gasteiger partial charge on any atom is -0.370 e. The molecule has 104 valence electrons. The average Bonchev–Trinajstić information content (AvgIpc) is 2.40. The van der Waals surface area contributed by atoms with Gasteiger partial charge < -0.3 is 10.2 Å². The van der Waals surface area contributed by atoms with Gasteiger partial charge in [0.15, 0.2) is 0 Å². The molecule has 1 saturated heterocycles. The number of amides is 1.